The van der Waals surface area contributed by atoms with E-state index in [-0.39, 0.29) is 11.9 Å². The molecule has 1 aliphatic rings. The Bertz CT molecular complexity index is 435. The van der Waals surface area contributed by atoms with Gasteiger partial charge in [-0.3, -0.25) is 4.79 Å². The van der Waals surface area contributed by atoms with E-state index in [9.17, 15) is 9.59 Å². The number of carbonyl (C=O) groups is 2. The van der Waals surface area contributed by atoms with E-state index >= 15 is 0 Å². The Morgan fingerprint density at radius 3 is 2.76 bits per heavy atom. The van der Waals surface area contributed by atoms with Crippen molar-refractivity contribution in [1.29, 1.82) is 0 Å². The predicted molar refractivity (Wildman–Crippen MR) is 60.8 cm³/mol. The highest BCUT2D eigenvalue weighted by atomic mass is 16.5. The molecule has 0 saturated heterocycles. The van der Waals surface area contributed by atoms with Gasteiger partial charge in [0.05, 0.1) is 18.1 Å². The molecule has 0 amide bonds. The van der Waals surface area contributed by atoms with Gasteiger partial charge in [0.15, 0.2) is 0 Å². The molecular formula is C13H14O4. The topological polar surface area (TPSA) is 52.6 Å². The highest BCUT2D eigenvalue weighted by Crippen LogP contribution is 2.30. The first-order valence-corrected chi connectivity index (χ1v) is 5.69. The Kier molecular flexibility index (Phi) is 3.42. The van der Waals surface area contributed by atoms with Crippen molar-refractivity contribution >= 4 is 11.9 Å². The SMILES string of the molecule is CCOC(=O)c1cccc(OC(=O)C2CC2)c1. The first-order valence-electron chi connectivity index (χ1n) is 5.69. The first kappa shape index (κ1) is 11.6. The van der Waals surface area contributed by atoms with Gasteiger partial charge in [-0.1, -0.05) is 6.07 Å². The van der Waals surface area contributed by atoms with E-state index in [0.29, 0.717) is 17.9 Å². The number of carbonyl (C=O) groups excluding carboxylic acids is 2. The zero-order valence-corrected chi connectivity index (χ0v) is 9.64. The van der Waals surface area contributed by atoms with Crippen molar-refractivity contribution in [1.82, 2.24) is 0 Å². The lowest BCUT2D eigenvalue weighted by Gasteiger charge is -2.05. The molecule has 0 radical (unpaired) electrons. The van der Waals surface area contributed by atoms with Crippen LogP contribution in [0.25, 0.3) is 0 Å². The van der Waals surface area contributed by atoms with Crippen LogP contribution < -0.4 is 4.74 Å². The van der Waals surface area contributed by atoms with Crippen LogP contribution in [0.3, 0.4) is 0 Å². The van der Waals surface area contributed by atoms with Crippen LogP contribution in [0.5, 0.6) is 5.75 Å². The van der Waals surface area contributed by atoms with Crippen LogP contribution in [-0.4, -0.2) is 18.5 Å². The van der Waals surface area contributed by atoms with E-state index in [1.54, 1.807) is 25.1 Å². The summed E-state index contributed by atoms with van der Waals surface area (Å²) in [7, 11) is 0. The van der Waals surface area contributed by atoms with Crippen LogP contribution in [0.15, 0.2) is 24.3 Å². The van der Waals surface area contributed by atoms with E-state index in [1.807, 2.05) is 0 Å². The summed E-state index contributed by atoms with van der Waals surface area (Å²) in [6.07, 6.45) is 1.80. The molecule has 17 heavy (non-hydrogen) atoms. The molecule has 4 nitrogen and oxygen atoms in total. The number of hydrogen-bond donors (Lipinski definition) is 0. The molecular weight excluding hydrogens is 220 g/mol. The summed E-state index contributed by atoms with van der Waals surface area (Å²) < 4.78 is 10.0. The minimum Gasteiger partial charge on any atom is -0.462 e. The number of ether oxygens (including phenoxy) is 2. The third-order valence-corrected chi connectivity index (χ3v) is 2.47. The van der Waals surface area contributed by atoms with Gasteiger partial charge in [0.2, 0.25) is 0 Å². The summed E-state index contributed by atoms with van der Waals surface area (Å²) in [6, 6.07) is 6.48. The zero-order valence-electron chi connectivity index (χ0n) is 9.64. The minimum absolute atomic E-state index is 0.0428. The van der Waals surface area contributed by atoms with E-state index < -0.39 is 5.97 Å². The average molecular weight is 234 g/mol. The van der Waals surface area contributed by atoms with Gasteiger partial charge in [-0.05, 0) is 38.0 Å². The van der Waals surface area contributed by atoms with Crippen molar-refractivity contribution < 1.29 is 19.1 Å². The first-order chi connectivity index (χ1) is 8.20. The normalized spacial score (nSPS) is 14.2. The van der Waals surface area contributed by atoms with E-state index in [4.69, 9.17) is 9.47 Å². The highest BCUT2D eigenvalue weighted by Gasteiger charge is 2.31. The molecule has 1 fully saturated rings. The summed E-state index contributed by atoms with van der Waals surface area (Å²) in [4.78, 5) is 22.9. The average Bonchev–Trinajstić information content (AvgIpc) is 3.13. The number of rotatable bonds is 4. The maximum atomic E-state index is 11.5. The fourth-order valence-electron chi connectivity index (χ4n) is 1.42. The maximum absolute atomic E-state index is 11.5. The van der Waals surface area contributed by atoms with E-state index in [2.05, 4.69) is 0 Å². The maximum Gasteiger partial charge on any atom is 0.338 e. The van der Waals surface area contributed by atoms with Crippen LogP contribution in [0.1, 0.15) is 30.1 Å². The number of hydrogen-bond acceptors (Lipinski definition) is 4. The van der Waals surface area contributed by atoms with Crippen LogP contribution in [0.4, 0.5) is 0 Å². The van der Waals surface area contributed by atoms with E-state index in [1.165, 1.54) is 6.07 Å². The molecule has 1 saturated carbocycles. The van der Waals surface area contributed by atoms with Gasteiger partial charge in [-0.15, -0.1) is 0 Å². The Labute approximate surface area is 99.5 Å². The fraction of sp³-hybridized carbons (Fsp3) is 0.385. The van der Waals surface area contributed by atoms with Crippen molar-refractivity contribution in [3.63, 3.8) is 0 Å². The van der Waals surface area contributed by atoms with Crippen LogP contribution in [0, 0.1) is 5.92 Å². The van der Waals surface area contributed by atoms with Gasteiger partial charge in [-0.2, -0.15) is 0 Å². The monoisotopic (exact) mass is 234 g/mol. The molecule has 0 unspecified atom stereocenters. The number of esters is 2. The predicted octanol–water partition coefficient (Wildman–Crippen LogP) is 2.18. The van der Waals surface area contributed by atoms with Crippen LogP contribution in [0.2, 0.25) is 0 Å². The Morgan fingerprint density at radius 2 is 2.12 bits per heavy atom. The second-order valence-electron chi connectivity index (χ2n) is 3.94. The Balaban J connectivity index is 2.05. The van der Waals surface area contributed by atoms with Gasteiger partial charge in [-0.25, -0.2) is 4.79 Å². The van der Waals surface area contributed by atoms with Crippen LogP contribution in [-0.2, 0) is 9.53 Å². The molecule has 1 aliphatic carbocycles. The summed E-state index contributed by atoms with van der Waals surface area (Å²) in [5, 5.41) is 0. The second-order valence-corrected chi connectivity index (χ2v) is 3.94. The smallest absolute Gasteiger partial charge is 0.338 e. The fourth-order valence-corrected chi connectivity index (χ4v) is 1.42. The summed E-state index contributed by atoms with van der Waals surface area (Å²) in [5.74, 6) is -0.184. The molecule has 2 rings (SSSR count). The van der Waals surface area contributed by atoms with Gasteiger partial charge in [0, 0.05) is 0 Å². The van der Waals surface area contributed by atoms with Crippen molar-refractivity contribution in [2.24, 2.45) is 5.92 Å². The highest BCUT2D eigenvalue weighted by molar-refractivity contribution is 5.90. The summed E-state index contributed by atoms with van der Waals surface area (Å²) in [6.45, 7) is 2.07. The molecule has 90 valence electrons. The molecule has 0 spiro atoms. The van der Waals surface area contributed by atoms with Crippen molar-refractivity contribution in [3.8, 4) is 5.75 Å². The third kappa shape index (κ3) is 3.06. The quantitative estimate of drug-likeness (QED) is 0.592. The molecule has 0 aliphatic heterocycles. The Hall–Kier alpha value is -1.84. The van der Waals surface area contributed by atoms with Gasteiger partial charge < -0.3 is 9.47 Å². The lowest BCUT2D eigenvalue weighted by molar-refractivity contribution is -0.135. The molecule has 4 heteroatoms. The van der Waals surface area contributed by atoms with Crippen LogP contribution >= 0.6 is 0 Å². The summed E-state index contributed by atoms with van der Waals surface area (Å²) in [5.41, 5.74) is 0.396. The molecule has 0 bridgehead atoms. The molecule has 0 heterocycles. The third-order valence-electron chi connectivity index (χ3n) is 2.47. The zero-order chi connectivity index (χ0) is 12.3. The standard InChI is InChI=1S/C13H14O4/c1-2-16-12(14)10-4-3-5-11(8-10)17-13(15)9-6-7-9/h3-5,8-9H,2,6-7H2,1H3. The number of benzene rings is 1. The van der Waals surface area contributed by atoms with E-state index in [0.717, 1.165) is 12.8 Å². The van der Waals surface area contributed by atoms with Crippen molar-refractivity contribution in [3.05, 3.63) is 29.8 Å². The van der Waals surface area contributed by atoms with Gasteiger partial charge >= 0.3 is 11.9 Å². The summed E-state index contributed by atoms with van der Waals surface area (Å²) >= 11 is 0. The van der Waals surface area contributed by atoms with Crippen molar-refractivity contribution in [2.45, 2.75) is 19.8 Å². The molecule has 0 aromatic heterocycles. The molecule has 1 aromatic rings. The largest absolute Gasteiger partial charge is 0.462 e. The lowest BCUT2D eigenvalue weighted by atomic mass is 10.2. The second kappa shape index (κ2) is 4.99. The minimum atomic E-state index is -0.406. The molecule has 0 atom stereocenters. The molecule has 0 N–H and O–H groups in total. The van der Waals surface area contributed by atoms with Gasteiger partial charge in [0.25, 0.3) is 0 Å². The lowest BCUT2D eigenvalue weighted by Crippen LogP contribution is -2.10. The Morgan fingerprint density at radius 1 is 1.35 bits per heavy atom. The van der Waals surface area contributed by atoms with Gasteiger partial charge in [0.1, 0.15) is 5.75 Å². The van der Waals surface area contributed by atoms with Crippen molar-refractivity contribution in [2.75, 3.05) is 6.61 Å². The molecule has 1 aromatic carbocycles.